The van der Waals surface area contributed by atoms with Crippen molar-refractivity contribution < 1.29 is 9.72 Å². The van der Waals surface area contributed by atoms with Crippen LogP contribution in [0.1, 0.15) is 11.1 Å². The first-order valence-electron chi connectivity index (χ1n) is 9.37. The summed E-state index contributed by atoms with van der Waals surface area (Å²) in [6, 6.07) is 16.6. The summed E-state index contributed by atoms with van der Waals surface area (Å²) in [5.74, 6) is -0.289. The Balaban J connectivity index is 1.36. The molecule has 0 bridgehead atoms. The van der Waals surface area contributed by atoms with Gasteiger partial charge in [0.2, 0.25) is 0 Å². The molecule has 2 aliphatic rings. The molecule has 2 aromatic rings. The summed E-state index contributed by atoms with van der Waals surface area (Å²) < 4.78 is 0. The molecule has 148 valence electrons. The van der Waals surface area contributed by atoms with E-state index in [9.17, 15) is 14.9 Å². The van der Waals surface area contributed by atoms with Gasteiger partial charge in [-0.1, -0.05) is 42.5 Å². The zero-order valence-electron chi connectivity index (χ0n) is 15.7. The number of carbonyl (C=O) groups is 1. The number of nitrogens with zero attached hydrogens (tertiary/aromatic N) is 4. The third-order valence-corrected chi connectivity index (χ3v) is 5.92. The van der Waals surface area contributed by atoms with E-state index in [0.717, 1.165) is 32.7 Å². The van der Waals surface area contributed by atoms with Crippen molar-refractivity contribution in [1.29, 1.82) is 0 Å². The third-order valence-electron chi connectivity index (χ3n) is 4.88. The summed E-state index contributed by atoms with van der Waals surface area (Å²) in [5.41, 5.74) is 1.93. The lowest BCUT2D eigenvalue weighted by Gasteiger charge is -2.35. The predicted octanol–water partition coefficient (Wildman–Crippen LogP) is 3.38. The van der Waals surface area contributed by atoms with Gasteiger partial charge in [-0.3, -0.25) is 19.8 Å². The molecule has 0 aromatic heterocycles. The molecule has 7 nitrogen and oxygen atoms in total. The van der Waals surface area contributed by atoms with Gasteiger partial charge in [-0.2, -0.15) is 4.99 Å². The number of nitro benzene ring substituents is 1. The van der Waals surface area contributed by atoms with Crippen molar-refractivity contribution in [3.63, 3.8) is 0 Å². The summed E-state index contributed by atoms with van der Waals surface area (Å²) in [4.78, 5) is 32.0. The first-order chi connectivity index (χ1) is 14.1. The fraction of sp³-hybridized carbons (Fsp3) is 0.238. The van der Waals surface area contributed by atoms with Gasteiger partial charge in [0.1, 0.15) is 0 Å². The number of amides is 1. The van der Waals surface area contributed by atoms with Crippen molar-refractivity contribution in [3.05, 3.63) is 80.7 Å². The Hall–Kier alpha value is -2.97. The highest BCUT2D eigenvalue weighted by molar-refractivity contribution is 8.18. The lowest BCUT2D eigenvalue weighted by atomic mass is 10.2. The number of aliphatic imine (C=N–C) groups is 1. The van der Waals surface area contributed by atoms with Gasteiger partial charge >= 0.3 is 0 Å². The second kappa shape index (κ2) is 8.59. The number of benzene rings is 2. The fourth-order valence-corrected chi connectivity index (χ4v) is 4.32. The Bertz CT molecular complexity index is 982. The molecule has 0 saturated carbocycles. The number of rotatable bonds is 4. The van der Waals surface area contributed by atoms with Gasteiger partial charge in [-0.05, 0) is 29.0 Å². The average Bonchev–Trinajstić information content (AvgIpc) is 3.10. The maximum Gasteiger partial charge on any atom is 0.286 e. The van der Waals surface area contributed by atoms with Gasteiger partial charge in [0, 0.05) is 44.9 Å². The first-order valence-corrected chi connectivity index (χ1v) is 10.2. The van der Waals surface area contributed by atoms with E-state index in [1.807, 2.05) is 6.07 Å². The Kier molecular flexibility index (Phi) is 5.73. The summed E-state index contributed by atoms with van der Waals surface area (Å²) in [6.07, 6.45) is 1.67. The van der Waals surface area contributed by atoms with Crippen LogP contribution in [0.15, 0.2) is 64.5 Å². The highest BCUT2D eigenvalue weighted by atomic mass is 32.2. The van der Waals surface area contributed by atoms with Crippen LogP contribution < -0.4 is 0 Å². The standard InChI is InChI=1S/C21H20N4O3S/c26-20-19(14-17-7-4-8-18(13-17)25(27)28)29-21(22-20)24-11-9-23(10-12-24)15-16-5-2-1-3-6-16/h1-8,13-14H,9-12,15H2/b19-14-. The quantitative estimate of drug-likeness (QED) is 0.438. The van der Waals surface area contributed by atoms with Crippen LogP contribution in [0.3, 0.4) is 0 Å². The van der Waals surface area contributed by atoms with Crippen LogP contribution in [0.4, 0.5) is 5.69 Å². The largest absolute Gasteiger partial charge is 0.348 e. The summed E-state index contributed by atoms with van der Waals surface area (Å²) >= 11 is 1.34. The number of thioether (sulfide) groups is 1. The number of piperazine rings is 1. The summed E-state index contributed by atoms with van der Waals surface area (Å²) in [7, 11) is 0. The number of non-ortho nitro benzene ring substituents is 1. The van der Waals surface area contributed by atoms with Crippen molar-refractivity contribution >= 4 is 34.6 Å². The van der Waals surface area contributed by atoms with Crippen LogP contribution in [0.25, 0.3) is 6.08 Å². The van der Waals surface area contributed by atoms with Crippen LogP contribution in [0, 0.1) is 10.1 Å². The number of hydrogen-bond donors (Lipinski definition) is 0. The van der Waals surface area contributed by atoms with Gasteiger partial charge in [0.25, 0.3) is 11.6 Å². The first kappa shape index (κ1) is 19.4. The molecule has 2 aliphatic heterocycles. The molecule has 8 heteroatoms. The smallest absolute Gasteiger partial charge is 0.286 e. The van der Waals surface area contributed by atoms with E-state index in [0.29, 0.717) is 15.6 Å². The third kappa shape index (κ3) is 4.72. The van der Waals surface area contributed by atoms with Crippen molar-refractivity contribution in [2.45, 2.75) is 6.54 Å². The van der Waals surface area contributed by atoms with Crippen molar-refractivity contribution in [3.8, 4) is 0 Å². The van der Waals surface area contributed by atoms with Gasteiger partial charge in [-0.15, -0.1) is 0 Å². The van der Waals surface area contributed by atoms with Crippen molar-refractivity contribution in [2.75, 3.05) is 26.2 Å². The molecule has 4 rings (SSSR count). The Labute approximate surface area is 172 Å². The molecule has 0 unspecified atom stereocenters. The molecule has 0 spiro atoms. The molecule has 1 fully saturated rings. The SMILES string of the molecule is O=C1N=C(N2CCN(Cc3ccccc3)CC2)S/C1=C\c1cccc([N+](=O)[O-])c1. The van der Waals surface area contributed by atoms with Crippen LogP contribution in [-0.2, 0) is 11.3 Å². The van der Waals surface area contributed by atoms with Gasteiger partial charge in [0.05, 0.1) is 9.83 Å². The van der Waals surface area contributed by atoms with Crippen molar-refractivity contribution in [1.82, 2.24) is 9.80 Å². The van der Waals surface area contributed by atoms with Gasteiger partial charge in [-0.25, -0.2) is 0 Å². The highest BCUT2D eigenvalue weighted by Crippen LogP contribution is 2.31. The maximum absolute atomic E-state index is 12.3. The van der Waals surface area contributed by atoms with E-state index in [4.69, 9.17) is 0 Å². The number of nitro groups is 1. The molecule has 29 heavy (non-hydrogen) atoms. The molecule has 2 heterocycles. The molecular weight excluding hydrogens is 388 g/mol. The Morgan fingerprint density at radius 3 is 2.55 bits per heavy atom. The van der Waals surface area contributed by atoms with Gasteiger partial charge < -0.3 is 4.90 Å². The molecule has 0 radical (unpaired) electrons. The Morgan fingerprint density at radius 1 is 1.07 bits per heavy atom. The minimum atomic E-state index is -0.442. The zero-order valence-corrected chi connectivity index (χ0v) is 16.5. The monoisotopic (exact) mass is 408 g/mol. The lowest BCUT2D eigenvalue weighted by molar-refractivity contribution is -0.384. The van der Waals surface area contributed by atoms with E-state index in [1.54, 1.807) is 18.2 Å². The molecule has 1 amide bonds. The predicted molar refractivity (Wildman–Crippen MR) is 114 cm³/mol. The molecule has 2 aromatic carbocycles. The molecule has 1 saturated heterocycles. The number of carbonyl (C=O) groups excluding carboxylic acids is 1. The molecular formula is C21H20N4O3S. The molecule has 0 aliphatic carbocycles. The van der Waals surface area contributed by atoms with Gasteiger partial charge in [0.15, 0.2) is 5.17 Å². The minimum absolute atomic E-state index is 0.00507. The average molecular weight is 408 g/mol. The summed E-state index contributed by atoms with van der Waals surface area (Å²) in [5, 5.41) is 11.6. The highest BCUT2D eigenvalue weighted by Gasteiger charge is 2.28. The van der Waals surface area contributed by atoms with Crippen LogP contribution in [-0.4, -0.2) is 52.0 Å². The second-order valence-electron chi connectivity index (χ2n) is 6.91. The summed E-state index contributed by atoms with van der Waals surface area (Å²) in [6.45, 7) is 4.37. The van der Waals surface area contributed by atoms with E-state index < -0.39 is 4.92 Å². The van der Waals surface area contributed by atoms with Crippen LogP contribution >= 0.6 is 11.8 Å². The molecule has 0 N–H and O–H groups in total. The lowest BCUT2D eigenvalue weighted by Crippen LogP contribution is -2.47. The van der Waals surface area contributed by atoms with E-state index in [-0.39, 0.29) is 11.6 Å². The van der Waals surface area contributed by atoms with E-state index in [2.05, 4.69) is 39.1 Å². The normalized spacial score (nSPS) is 18.9. The number of amidine groups is 1. The van der Waals surface area contributed by atoms with E-state index in [1.165, 1.54) is 29.5 Å². The van der Waals surface area contributed by atoms with Crippen LogP contribution in [0.5, 0.6) is 0 Å². The fourth-order valence-electron chi connectivity index (χ4n) is 3.35. The van der Waals surface area contributed by atoms with Crippen molar-refractivity contribution in [2.24, 2.45) is 4.99 Å². The number of hydrogen-bond acceptors (Lipinski definition) is 6. The van der Waals surface area contributed by atoms with E-state index >= 15 is 0 Å². The van der Waals surface area contributed by atoms with Crippen LogP contribution in [0.2, 0.25) is 0 Å². The topological polar surface area (TPSA) is 79.0 Å². The zero-order chi connectivity index (χ0) is 20.2. The Morgan fingerprint density at radius 2 is 1.83 bits per heavy atom. The molecule has 0 atom stereocenters. The minimum Gasteiger partial charge on any atom is -0.348 e. The second-order valence-corrected chi connectivity index (χ2v) is 7.92. The maximum atomic E-state index is 12.3.